The monoisotopic (exact) mass is 388 g/mol. The molecular weight excluding hydrogens is 364 g/mol. The molecule has 0 unspecified atom stereocenters. The molecule has 0 aliphatic rings. The van der Waals surface area contributed by atoms with Gasteiger partial charge in [-0.15, -0.1) is 11.3 Å². The maximum absolute atomic E-state index is 12.8. The molecule has 0 atom stereocenters. The molecule has 3 rings (SSSR count). The first-order valence-corrected chi connectivity index (χ1v) is 10.1. The zero-order valence-electron chi connectivity index (χ0n) is 15.8. The molecule has 0 radical (unpaired) electrons. The van der Waals surface area contributed by atoms with Gasteiger partial charge in [0.25, 0.3) is 11.5 Å². The van der Waals surface area contributed by atoms with Crippen LogP contribution in [0.15, 0.2) is 15.7 Å². The summed E-state index contributed by atoms with van der Waals surface area (Å²) in [7, 11) is 0. The lowest BCUT2D eigenvalue weighted by molar-refractivity contribution is 0.0954. The number of aromatic amines is 1. The Morgan fingerprint density at radius 1 is 1.26 bits per heavy atom. The molecule has 1 amide bonds. The molecule has 0 aromatic carbocycles. The van der Waals surface area contributed by atoms with Crippen molar-refractivity contribution < 1.29 is 4.79 Å². The van der Waals surface area contributed by atoms with Gasteiger partial charge < -0.3 is 10.3 Å². The fraction of sp³-hybridized carbons (Fsp3) is 0.474. The smallest absolute Gasteiger partial charge is 0.328 e. The third-order valence-corrected chi connectivity index (χ3v) is 5.57. The summed E-state index contributed by atoms with van der Waals surface area (Å²) < 4.78 is 1.66. The Bertz CT molecular complexity index is 1110. The Balaban J connectivity index is 2.22. The van der Waals surface area contributed by atoms with Crippen LogP contribution in [0.3, 0.4) is 0 Å². The van der Waals surface area contributed by atoms with Crippen molar-refractivity contribution in [1.29, 1.82) is 0 Å². The fourth-order valence-corrected chi connectivity index (χ4v) is 4.20. The van der Waals surface area contributed by atoms with Gasteiger partial charge >= 0.3 is 5.69 Å². The number of H-pyrrole nitrogens is 1. The van der Waals surface area contributed by atoms with Crippen LogP contribution in [0.25, 0.3) is 20.4 Å². The summed E-state index contributed by atoms with van der Waals surface area (Å²) in [5.41, 5.74) is 0.786. The lowest BCUT2D eigenvalue weighted by Gasteiger charge is -2.07. The summed E-state index contributed by atoms with van der Waals surface area (Å²) in [5.74, 6) is -0.213. The van der Waals surface area contributed by atoms with Crippen LogP contribution >= 0.6 is 11.3 Å². The number of nitrogens with zero attached hydrogens (tertiary/aromatic N) is 2. The molecule has 0 bridgehead atoms. The number of pyridine rings is 1. The molecule has 0 saturated heterocycles. The highest BCUT2D eigenvalue weighted by Crippen LogP contribution is 2.31. The first-order chi connectivity index (χ1) is 13.0. The molecule has 0 saturated carbocycles. The van der Waals surface area contributed by atoms with Gasteiger partial charge in [-0.05, 0) is 25.8 Å². The molecule has 144 valence electrons. The van der Waals surface area contributed by atoms with E-state index in [-0.39, 0.29) is 11.5 Å². The molecule has 0 aliphatic heterocycles. The van der Waals surface area contributed by atoms with Crippen molar-refractivity contribution in [1.82, 2.24) is 19.9 Å². The summed E-state index contributed by atoms with van der Waals surface area (Å²) in [6.07, 6.45) is 3.51. The fourth-order valence-electron chi connectivity index (χ4n) is 3.05. The van der Waals surface area contributed by atoms with E-state index in [1.807, 2.05) is 13.8 Å². The number of aryl methyl sites for hydroxylation is 1. The summed E-state index contributed by atoms with van der Waals surface area (Å²) in [6, 6.07) is 1.71. The molecule has 0 aliphatic carbocycles. The Labute approximate surface area is 160 Å². The number of unbranched alkanes of at least 4 members (excludes halogenated alkanes) is 2. The maximum atomic E-state index is 12.8. The van der Waals surface area contributed by atoms with Crippen LogP contribution in [-0.2, 0) is 6.54 Å². The largest absolute Gasteiger partial charge is 0.352 e. The van der Waals surface area contributed by atoms with E-state index in [0.717, 1.165) is 25.7 Å². The first-order valence-electron chi connectivity index (χ1n) is 9.33. The highest BCUT2D eigenvalue weighted by Gasteiger charge is 2.20. The van der Waals surface area contributed by atoms with Gasteiger partial charge in [0, 0.05) is 24.2 Å². The van der Waals surface area contributed by atoms with E-state index in [9.17, 15) is 14.4 Å². The summed E-state index contributed by atoms with van der Waals surface area (Å²) >= 11 is 1.22. The van der Waals surface area contributed by atoms with Gasteiger partial charge in [0.2, 0.25) is 0 Å². The van der Waals surface area contributed by atoms with Gasteiger partial charge in [-0.2, -0.15) is 0 Å². The van der Waals surface area contributed by atoms with E-state index in [1.54, 1.807) is 6.07 Å². The molecule has 3 aromatic rings. The molecule has 0 spiro atoms. The van der Waals surface area contributed by atoms with Gasteiger partial charge in [-0.1, -0.05) is 26.7 Å². The molecular formula is C19H24N4O3S. The van der Waals surface area contributed by atoms with Crippen LogP contribution in [0.2, 0.25) is 0 Å². The normalized spacial score (nSPS) is 11.4. The lowest BCUT2D eigenvalue weighted by Crippen LogP contribution is -2.34. The van der Waals surface area contributed by atoms with Gasteiger partial charge in [0.15, 0.2) is 0 Å². The van der Waals surface area contributed by atoms with Crippen molar-refractivity contribution in [2.24, 2.45) is 0 Å². The zero-order chi connectivity index (χ0) is 19.6. The van der Waals surface area contributed by atoms with Gasteiger partial charge in [0.05, 0.1) is 11.1 Å². The van der Waals surface area contributed by atoms with Crippen LogP contribution in [-0.4, -0.2) is 27.0 Å². The second-order valence-electron chi connectivity index (χ2n) is 6.65. The predicted octanol–water partition coefficient (Wildman–Crippen LogP) is 2.94. The van der Waals surface area contributed by atoms with E-state index in [2.05, 4.69) is 22.2 Å². The SMILES string of the molecule is CCCCNC(=O)c1cc(C)nc2sc3c(=O)n(CCCC)c(=O)[nH]c3c12. The lowest BCUT2D eigenvalue weighted by atomic mass is 10.1. The zero-order valence-corrected chi connectivity index (χ0v) is 16.7. The molecule has 3 aromatic heterocycles. The minimum atomic E-state index is -0.446. The molecule has 7 nitrogen and oxygen atoms in total. The summed E-state index contributed by atoms with van der Waals surface area (Å²) in [4.78, 5) is 45.9. The van der Waals surface area contributed by atoms with Crippen molar-refractivity contribution in [3.8, 4) is 0 Å². The number of fused-ring (bicyclic) bond motifs is 3. The summed E-state index contributed by atoms with van der Waals surface area (Å²) in [5, 5.41) is 3.45. The number of nitrogens with one attached hydrogen (secondary N) is 2. The number of amides is 1. The van der Waals surface area contributed by atoms with Crippen molar-refractivity contribution >= 4 is 37.7 Å². The van der Waals surface area contributed by atoms with Crippen molar-refractivity contribution in [3.05, 3.63) is 38.2 Å². The Hall–Kier alpha value is -2.48. The Kier molecular flexibility index (Phi) is 5.74. The van der Waals surface area contributed by atoms with Crippen molar-refractivity contribution in [3.63, 3.8) is 0 Å². The number of hydrogen-bond donors (Lipinski definition) is 2. The minimum Gasteiger partial charge on any atom is -0.352 e. The van der Waals surface area contributed by atoms with Crippen LogP contribution in [0.1, 0.15) is 55.6 Å². The van der Waals surface area contributed by atoms with Crippen LogP contribution < -0.4 is 16.6 Å². The number of thiophene rings is 1. The highest BCUT2D eigenvalue weighted by molar-refractivity contribution is 7.25. The number of carbonyl (C=O) groups excluding carboxylic acids is 1. The first kappa shape index (κ1) is 19.3. The molecule has 2 N–H and O–H groups in total. The van der Waals surface area contributed by atoms with Crippen LogP contribution in [0.4, 0.5) is 0 Å². The van der Waals surface area contributed by atoms with E-state index < -0.39 is 5.69 Å². The number of carbonyl (C=O) groups is 1. The van der Waals surface area contributed by atoms with Gasteiger partial charge in [-0.25, -0.2) is 9.78 Å². The molecule has 27 heavy (non-hydrogen) atoms. The number of aromatic nitrogens is 3. The topological polar surface area (TPSA) is 96.8 Å². The highest BCUT2D eigenvalue weighted by atomic mass is 32.1. The number of rotatable bonds is 7. The quantitative estimate of drug-likeness (QED) is 0.608. The van der Waals surface area contributed by atoms with Crippen molar-refractivity contribution in [2.75, 3.05) is 6.54 Å². The second kappa shape index (κ2) is 8.04. The average molecular weight is 388 g/mol. The third kappa shape index (κ3) is 3.66. The van der Waals surface area contributed by atoms with Crippen LogP contribution in [0, 0.1) is 6.92 Å². The van der Waals surface area contributed by atoms with E-state index in [0.29, 0.717) is 44.8 Å². The minimum absolute atomic E-state index is 0.213. The Morgan fingerprint density at radius 2 is 2.00 bits per heavy atom. The van der Waals surface area contributed by atoms with Crippen molar-refractivity contribution in [2.45, 2.75) is 53.0 Å². The second-order valence-corrected chi connectivity index (χ2v) is 7.65. The predicted molar refractivity (Wildman–Crippen MR) is 109 cm³/mol. The summed E-state index contributed by atoms with van der Waals surface area (Å²) in [6.45, 7) is 6.84. The maximum Gasteiger partial charge on any atom is 0.328 e. The van der Waals surface area contributed by atoms with Crippen LogP contribution in [0.5, 0.6) is 0 Å². The molecule has 0 fully saturated rings. The standard InChI is InChI=1S/C19H24N4O3S/c1-4-6-8-20-16(24)12-10-11(3)21-17-13(12)14-15(27-17)18(25)23(9-7-5-2)19(26)22-14/h10H,4-9H2,1-3H3,(H,20,24)(H,22,26). The number of hydrogen-bond acceptors (Lipinski definition) is 5. The molecule has 3 heterocycles. The Morgan fingerprint density at radius 3 is 2.70 bits per heavy atom. The van der Waals surface area contributed by atoms with E-state index >= 15 is 0 Å². The molecule has 8 heteroatoms. The van der Waals surface area contributed by atoms with Gasteiger partial charge in [-0.3, -0.25) is 14.2 Å². The average Bonchev–Trinajstić information content (AvgIpc) is 2.99. The van der Waals surface area contributed by atoms with Gasteiger partial charge in [0.1, 0.15) is 9.53 Å². The van der Waals surface area contributed by atoms with E-state index in [1.165, 1.54) is 15.9 Å². The third-order valence-electron chi connectivity index (χ3n) is 4.50. The van der Waals surface area contributed by atoms with E-state index in [4.69, 9.17) is 0 Å².